The summed E-state index contributed by atoms with van der Waals surface area (Å²) in [4.78, 5) is 24.8. The molecule has 0 aliphatic heterocycles. The largest absolute Gasteiger partial charge is 0.392 e. The maximum atomic E-state index is 12.6. The Hall–Kier alpha value is -1.14. The molecule has 160 valence electrons. The molecule has 0 radical (unpaired) electrons. The van der Waals surface area contributed by atoms with Crippen LogP contribution in [0.4, 0.5) is 0 Å². The van der Waals surface area contributed by atoms with Gasteiger partial charge in [-0.15, -0.1) is 0 Å². The summed E-state index contributed by atoms with van der Waals surface area (Å²) in [5.74, 6) is 0.196. The van der Waals surface area contributed by atoms with Crippen LogP contribution in [0.2, 0.25) is 0 Å². The molecule has 7 atom stereocenters. The fraction of sp³-hybridized carbons (Fsp3) is 0.909. The van der Waals surface area contributed by atoms with Gasteiger partial charge in [0.25, 0.3) is 0 Å². The molecular formula is C22H38N2O4. The van der Waals surface area contributed by atoms with Gasteiger partial charge in [0, 0.05) is 31.5 Å². The lowest BCUT2D eigenvalue weighted by Crippen LogP contribution is -2.58. The van der Waals surface area contributed by atoms with Crippen LogP contribution in [-0.4, -0.2) is 48.8 Å². The topological polar surface area (TPSA) is 87.7 Å². The Kier molecular flexibility index (Phi) is 6.70. The second-order valence-corrected chi connectivity index (χ2v) is 9.76. The zero-order valence-corrected chi connectivity index (χ0v) is 17.9. The second-order valence-electron chi connectivity index (χ2n) is 9.76. The zero-order chi connectivity index (χ0) is 20.5. The molecule has 6 heteroatoms. The molecule has 0 spiro atoms. The Morgan fingerprint density at radius 3 is 2.50 bits per heavy atom. The van der Waals surface area contributed by atoms with Crippen LogP contribution in [0.15, 0.2) is 0 Å². The molecule has 3 aliphatic rings. The Bertz CT molecular complexity index is 579. The van der Waals surface area contributed by atoms with E-state index in [4.69, 9.17) is 4.74 Å². The molecule has 3 rings (SSSR count). The quantitative estimate of drug-likeness (QED) is 0.618. The lowest BCUT2D eigenvalue weighted by Gasteiger charge is -2.56. The summed E-state index contributed by atoms with van der Waals surface area (Å²) in [5, 5.41) is 17.6. The van der Waals surface area contributed by atoms with Crippen molar-refractivity contribution in [1.82, 2.24) is 10.6 Å². The van der Waals surface area contributed by atoms with Crippen LogP contribution in [0.25, 0.3) is 0 Å². The van der Waals surface area contributed by atoms with Gasteiger partial charge in [0.05, 0.1) is 12.7 Å². The molecule has 0 bridgehead atoms. The van der Waals surface area contributed by atoms with Crippen molar-refractivity contribution in [2.75, 3.05) is 13.7 Å². The minimum atomic E-state index is -0.507. The standard InChI is InChI=1S/C22H38N2O4/c1-13(21(27)23-15-5-6-15)16-7-10-22(3)11-8-17(14(2)19(22)20(16)26)24-18(25)9-12-28-4/h13-17,19-20,26H,5-12H2,1-4H3,(H,23,27)(H,24,25)/t13-,14+,16?,17-,19+,20-,22-/m0/s1. The smallest absolute Gasteiger partial charge is 0.223 e. The normalized spacial score (nSPS) is 39.0. The van der Waals surface area contributed by atoms with E-state index in [2.05, 4.69) is 24.5 Å². The fourth-order valence-corrected chi connectivity index (χ4v) is 5.73. The lowest BCUT2D eigenvalue weighted by atomic mass is 9.51. The van der Waals surface area contributed by atoms with Crippen molar-refractivity contribution in [1.29, 1.82) is 0 Å². The molecule has 2 amide bonds. The summed E-state index contributed by atoms with van der Waals surface area (Å²) in [7, 11) is 1.60. The summed E-state index contributed by atoms with van der Waals surface area (Å²) in [5.41, 5.74) is 0.0791. The van der Waals surface area contributed by atoms with E-state index < -0.39 is 6.10 Å². The highest BCUT2D eigenvalue weighted by Gasteiger charge is 2.54. The van der Waals surface area contributed by atoms with E-state index in [9.17, 15) is 14.7 Å². The average molecular weight is 395 g/mol. The number of aliphatic hydroxyl groups is 1. The van der Waals surface area contributed by atoms with Crippen LogP contribution >= 0.6 is 0 Å². The molecular weight excluding hydrogens is 356 g/mol. The van der Waals surface area contributed by atoms with Crippen molar-refractivity contribution in [3.8, 4) is 0 Å². The van der Waals surface area contributed by atoms with Crippen LogP contribution in [0.3, 0.4) is 0 Å². The molecule has 3 aliphatic carbocycles. The molecule has 0 heterocycles. The van der Waals surface area contributed by atoms with E-state index in [0.29, 0.717) is 19.1 Å². The fourth-order valence-electron chi connectivity index (χ4n) is 5.73. The molecule has 0 saturated heterocycles. The Morgan fingerprint density at radius 1 is 1.18 bits per heavy atom. The van der Waals surface area contributed by atoms with Crippen molar-refractivity contribution in [3.05, 3.63) is 0 Å². The minimum Gasteiger partial charge on any atom is -0.392 e. The van der Waals surface area contributed by atoms with Gasteiger partial charge in [-0.05, 0) is 61.7 Å². The van der Waals surface area contributed by atoms with Crippen LogP contribution < -0.4 is 10.6 Å². The minimum absolute atomic E-state index is 0.0118. The van der Waals surface area contributed by atoms with Gasteiger partial charge in [-0.2, -0.15) is 0 Å². The van der Waals surface area contributed by atoms with E-state index in [1.807, 2.05) is 6.92 Å². The Balaban J connectivity index is 1.67. The number of amides is 2. The van der Waals surface area contributed by atoms with Crippen LogP contribution in [0.1, 0.15) is 65.7 Å². The van der Waals surface area contributed by atoms with Gasteiger partial charge >= 0.3 is 0 Å². The van der Waals surface area contributed by atoms with E-state index in [1.165, 1.54) is 0 Å². The number of hydrogen-bond donors (Lipinski definition) is 3. The average Bonchev–Trinajstić information content (AvgIpc) is 3.46. The maximum Gasteiger partial charge on any atom is 0.223 e. The molecule has 6 nitrogen and oxygen atoms in total. The third kappa shape index (κ3) is 4.54. The van der Waals surface area contributed by atoms with Crippen LogP contribution in [0, 0.1) is 29.1 Å². The number of methoxy groups -OCH3 is 1. The third-order valence-electron chi connectivity index (χ3n) is 7.75. The molecule has 28 heavy (non-hydrogen) atoms. The molecule has 3 fully saturated rings. The maximum absolute atomic E-state index is 12.6. The summed E-state index contributed by atoms with van der Waals surface area (Å²) < 4.78 is 5.00. The Morgan fingerprint density at radius 2 is 1.86 bits per heavy atom. The van der Waals surface area contributed by atoms with E-state index in [0.717, 1.165) is 38.5 Å². The van der Waals surface area contributed by atoms with E-state index >= 15 is 0 Å². The number of fused-ring (bicyclic) bond motifs is 1. The summed E-state index contributed by atoms with van der Waals surface area (Å²) >= 11 is 0. The summed E-state index contributed by atoms with van der Waals surface area (Å²) in [6.45, 7) is 6.83. The summed E-state index contributed by atoms with van der Waals surface area (Å²) in [6.07, 6.45) is 5.89. The van der Waals surface area contributed by atoms with Crippen molar-refractivity contribution in [2.24, 2.45) is 29.1 Å². The molecule has 3 N–H and O–H groups in total. The van der Waals surface area contributed by atoms with Crippen molar-refractivity contribution >= 4 is 11.8 Å². The van der Waals surface area contributed by atoms with E-state index in [-0.39, 0.29) is 46.9 Å². The van der Waals surface area contributed by atoms with Gasteiger partial charge in [-0.25, -0.2) is 0 Å². The number of hydrogen-bond acceptors (Lipinski definition) is 4. The predicted molar refractivity (Wildman–Crippen MR) is 107 cm³/mol. The number of carbonyl (C=O) groups excluding carboxylic acids is 2. The number of nitrogens with one attached hydrogen (secondary N) is 2. The third-order valence-corrected chi connectivity index (χ3v) is 7.75. The van der Waals surface area contributed by atoms with Crippen molar-refractivity contribution in [3.63, 3.8) is 0 Å². The first-order valence-electron chi connectivity index (χ1n) is 11.0. The van der Waals surface area contributed by atoms with Crippen molar-refractivity contribution in [2.45, 2.75) is 83.9 Å². The first-order valence-corrected chi connectivity index (χ1v) is 11.0. The number of ether oxygens (including phenoxy) is 1. The highest BCUT2D eigenvalue weighted by molar-refractivity contribution is 5.79. The number of rotatable bonds is 7. The first kappa shape index (κ1) is 21.6. The SMILES string of the molecule is COCCC(=O)N[C@H]1CC[C@]2(C)CCC([C@H](C)C(=O)NC3CC3)[C@H](O)[C@H]2[C@@H]1C. The monoisotopic (exact) mass is 394 g/mol. The van der Waals surface area contributed by atoms with Gasteiger partial charge in [0.2, 0.25) is 11.8 Å². The second kappa shape index (κ2) is 8.70. The first-order chi connectivity index (χ1) is 13.3. The lowest BCUT2D eigenvalue weighted by molar-refractivity contribution is -0.144. The molecule has 0 aromatic rings. The molecule has 1 unspecified atom stereocenters. The number of aliphatic hydroxyl groups excluding tert-OH is 1. The molecule has 3 saturated carbocycles. The van der Waals surface area contributed by atoms with Gasteiger partial charge in [-0.1, -0.05) is 20.8 Å². The molecule has 0 aromatic heterocycles. The van der Waals surface area contributed by atoms with Gasteiger partial charge in [0.1, 0.15) is 0 Å². The van der Waals surface area contributed by atoms with Gasteiger partial charge < -0.3 is 20.5 Å². The van der Waals surface area contributed by atoms with Crippen LogP contribution in [-0.2, 0) is 14.3 Å². The van der Waals surface area contributed by atoms with Gasteiger partial charge in [-0.3, -0.25) is 9.59 Å². The highest BCUT2D eigenvalue weighted by Crippen LogP contribution is 2.55. The molecule has 0 aromatic carbocycles. The van der Waals surface area contributed by atoms with Gasteiger partial charge in [0.15, 0.2) is 0 Å². The highest BCUT2D eigenvalue weighted by atomic mass is 16.5. The zero-order valence-electron chi connectivity index (χ0n) is 17.9. The Labute approximate surface area is 169 Å². The van der Waals surface area contributed by atoms with Crippen LogP contribution in [0.5, 0.6) is 0 Å². The summed E-state index contributed by atoms with van der Waals surface area (Å²) in [6, 6.07) is 0.424. The van der Waals surface area contributed by atoms with Crippen molar-refractivity contribution < 1.29 is 19.4 Å². The van der Waals surface area contributed by atoms with E-state index in [1.54, 1.807) is 7.11 Å². The predicted octanol–water partition coefficient (Wildman–Crippen LogP) is 2.25. The number of carbonyl (C=O) groups is 2.